The number of piperazine rings is 1. The normalized spacial score (nSPS) is 15.1. The Bertz CT molecular complexity index is 1210. The van der Waals surface area contributed by atoms with Crippen LogP contribution in [-0.4, -0.2) is 48.8 Å². The molecule has 0 N–H and O–H groups in total. The molecule has 4 rings (SSSR count). The second-order valence-electron chi connectivity index (χ2n) is 7.81. The number of aromatic nitrogens is 1. The summed E-state index contributed by atoms with van der Waals surface area (Å²) in [6.07, 6.45) is 0.781. The molecule has 0 unspecified atom stereocenters. The van der Waals surface area contributed by atoms with E-state index in [1.54, 1.807) is 11.3 Å². The van der Waals surface area contributed by atoms with Crippen LogP contribution in [0, 0.1) is 24.0 Å². The summed E-state index contributed by atoms with van der Waals surface area (Å²) in [6.45, 7) is 5.99. The van der Waals surface area contributed by atoms with Gasteiger partial charge in [0.2, 0.25) is 10.0 Å². The van der Waals surface area contributed by atoms with Gasteiger partial charge in [0, 0.05) is 50.1 Å². The van der Waals surface area contributed by atoms with Crippen molar-refractivity contribution < 1.29 is 13.3 Å². The van der Waals surface area contributed by atoms with E-state index in [9.17, 15) is 18.5 Å². The van der Waals surface area contributed by atoms with Gasteiger partial charge in [-0.3, -0.25) is 10.1 Å². The van der Waals surface area contributed by atoms with E-state index in [2.05, 4.69) is 42.3 Å². The highest BCUT2D eigenvalue weighted by Crippen LogP contribution is 2.27. The SMILES string of the molecule is Cc1cccc(C)c1Cc1csc(N2CCN(S(=O)(=O)c3ccc([N+](=O)[O-])cc3)CC2)n1. The molecule has 168 valence electrons. The van der Waals surface area contributed by atoms with Crippen molar-refractivity contribution >= 4 is 32.2 Å². The summed E-state index contributed by atoms with van der Waals surface area (Å²) in [5, 5.41) is 13.8. The third-order valence-electron chi connectivity index (χ3n) is 5.74. The van der Waals surface area contributed by atoms with Gasteiger partial charge in [-0.25, -0.2) is 13.4 Å². The quantitative estimate of drug-likeness (QED) is 0.400. The highest BCUT2D eigenvalue weighted by Gasteiger charge is 2.29. The molecule has 0 aliphatic carbocycles. The first-order valence-electron chi connectivity index (χ1n) is 10.2. The van der Waals surface area contributed by atoms with Crippen molar-refractivity contribution in [1.29, 1.82) is 0 Å². The minimum absolute atomic E-state index is 0.0710. The van der Waals surface area contributed by atoms with Crippen molar-refractivity contribution in [1.82, 2.24) is 9.29 Å². The molecule has 32 heavy (non-hydrogen) atoms. The number of sulfonamides is 1. The lowest BCUT2D eigenvalue weighted by molar-refractivity contribution is -0.384. The zero-order chi connectivity index (χ0) is 22.9. The molecule has 0 spiro atoms. The van der Waals surface area contributed by atoms with Gasteiger partial charge in [-0.1, -0.05) is 18.2 Å². The largest absolute Gasteiger partial charge is 0.345 e. The van der Waals surface area contributed by atoms with Crippen LogP contribution in [-0.2, 0) is 16.4 Å². The van der Waals surface area contributed by atoms with Gasteiger partial charge in [-0.2, -0.15) is 4.31 Å². The van der Waals surface area contributed by atoms with Crippen LogP contribution in [0.3, 0.4) is 0 Å². The number of nitro benzene ring substituents is 1. The van der Waals surface area contributed by atoms with Gasteiger partial charge < -0.3 is 4.90 Å². The molecule has 8 nitrogen and oxygen atoms in total. The molecule has 1 saturated heterocycles. The highest BCUT2D eigenvalue weighted by atomic mass is 32.2. The van der Waals surface area contributed by atoms with Crippen molar-refractivity contribution in [3.8, 4) is 0 Å². The Labute approximate surface area is 191 Å². The van der Waals surface area contributed by atoms with Crippen molar-refractivity contribution in [3.63, 3.8) is 0 Å². The molecule has 2 heterocycles. The van der Waals surface area contributed by atoms with Crippen LogP contribution in [0.1, 0.15) is 22.4 Å². The number of hydrogen-bond acceptors (Lipinski definition) is 7. The molecule has 2 aromatic carbocycles. The van der Waals surface area contributed by atoms with E-state index >= 15 is 0 Å². The topological polar surface area (TPSA) is 96.7 Å². The molecule has 0 atom stereocenters. The number of hydrogen-bond donors (Lipinski definition) is 0. The smallest absolute Gasteiger partial charge is 0.269 e. The number of aryl methyl sites for hydroxylation is 2. The lowest BCUT2D eigenvalue weighted by atomic mass is 9.99. The number of thiazole rings is 1. The first-order chi connectivity index (χ1) is 15.3. The molecule has 10 heteroatoms. The predicted octanol–water partition coefficient (Wildman–Crippen LogP) is 3.77. The van der Waals surface area contributed by atoms with E-state index in [4.69, 9.17) is 4.98 Å². The van der Waals surface area contributed by atoms with Gasteiger partial charge in [0.25, 0.3) is 5.69 Å². The Morgan fingerprint density at radius 2 is 1.66 bits per heavy atom. The van der Waals surface area contributed by atoms with Gasteiger partial charge in [-0.05, 0) is 42.7 Å². The average molecular weight is 473 g/mol. The number of nitro groups is 1. The van der Waals surface area contributed by atoms with Crippen LogP contribution in [0.25, 0.3) is 0 Å². The van der Waals surface area contributed by atoms with Crippen molar-refractivity contribution in [2.24, 2.45) is 0 Å². The van der Waals surface area contributed by atoms with E-state index in [0.717, 1.165) is 17.2 Å². The van der Waals surface area contributed by atoms with Crippen LogP contribution in [0.5, 0.6) is 0 Å². The van der Waals surface area contributed by atoms with Gasteiger partial charge in [0.1, 0.15) is 0 Å². The van der Waals surface area contributed by atoms with Crippen LogP contribution in [0.4, 0.5) is 10.8 Å². The lowest BCUT2D eigenvalue weighted by Crippen LogP contribution is -2.48. The fraction of sp³-hybridized carbons (Fsp3) is 0.318. The van der Waals surface area contributed by atoms with Gasteiger partial charge in [-0.15, -0.1) is 11.3 Å². The lowest BCUT2D eigenvalue weighted by Gasteiger charge is -2.33. The summed E-state index contributed by atoms with van der Waals surface area (Å²) in [4.78, 5) is 17.2. The third-order valence-corrected chi connectivity index (χ3v) is 8.60. The Hall–Kier alpha value is -2.82. The Morgan fingerprint density at radius 3 is 2.25 bits per heavy atom. The summed E-state index contributed by atoms with van der Waals surface area (Å²) >= 11 is 1.58. The monoisotopic (exact) mass is 472 g/mol. The molecule has 0 amide bonds. The van der Waals surface area contributed by atoms with Crippen LogP contribution in [0.15, 0.2) is 52.7 Å². The molecule has 3 aromatic rings. The number of rotatable bonds is 6. The number of anilines is 1. The second kappa shape index (κ2) is 8.97. The summed E-state index contributed by atoms with van der Waals surface area (Å²) in [5.41, 5.74) is 4.69. The van der Waals surface area contributed by atoms with Gasteiger partial charge >= 0.3 is 0 Å². The number of benzene rings is 2. The number of nitrogens with zero attached hydrogens (tertiary/aromatic N) is 4. The standard InChI is InChI=1S/C22H24N4O4S2/c1-16-4-3-5-17(2)21(16)14-18-15-31-22(23-18)24-10-12-25(13-11-24)32(29,30)20-8-6-19(7-9-20)26(27)28/h3-9,15H,10-14H2,1-2H3. The maximum atomic E-state index is 12.9. The van der Waals surface area contributed by atoms with E-state index in [-0.39, 0.29) is 10.6 Å². The average Bonchev–Trinajstić information content (AvgIpc) is 3.25. The van der Waals surface area contributed by atoms with E-state index in [1.807, 2.05) is 0 Å². The molecule has 0 radical (unpaired) electrons. The van der Waals surface area contributed by atoms with Gasteiger partial charge in [0.15, 0.2) is 5.13 Å². The minimum atomic E-state index is -3.69. The predicted molar refractivity (Wildman–Crippen MR) is 125 cm³/mol. The first-order valence-corrected chi connectivity index (χ1v) is 12.6. The molecule has 1 fully saturated rings. The second-order valence-corrected chi connectivity index (χ2v) is 10.6. The number of non-ortho nitro benzene ring substituents is 1. The van der Waals surface area contributed by atoms with Gasteiger partial charge in [0.05, 0.1) is 15.5 Å². The molecule has 0 bridgehead atoms. The maximum absolute atomic E-state index is 12.9. The Kier molecular flexibility index (Phi) is 6.27. The van der Waals surface area contributed by atoms with Crippen LogP contribution >= 0.6 is 11.3 Å². The fourth-order valence-corrected chi connectivity index (χ4v) is 6.14. The molecule has 1 aliphatic heterocycles. The molecule has 0 saturated carbocycles. The molecular weight excluding hydrogens is 448 g/mol. The zero-order valence-corrected chi connectivity index (χ0v) is 19.5. The molecular formula is C22H24N4O4S2. The zero-order valence-electron chi connectivity index (χ0n) is 17.9. The van der Waals surface area contributed by atoms with E-state index in [0.29, 0.717) is 26.2 Å². The molecule has 1 aliphatic rings. The van der Waals surface area contributed by atoms with Crippen LogP contribution in [0.2, 0.25) is 0 Å². The minimum Gasteiger partial charge on any atom is -0.345 e. The summed E-state index contributed by atoms with van der Waals surface area (Å²) in [7, 11) is -3.69. The summed E-state index contributed by atoms with van der Waals surface area (Å²) in [5.74, 6) is 0. The summed E-state index contributed by atoms with van der Waals surface area (Å²) < 4.78 is 27.2. The Balaban J connectivity index is 1.41. The van der Waals surface area contributed by atoms with Crippen molar-refractivity contribution in [2.75, 3.05) is 31.1 Å². The summed E-state index contributed by atoms with van der Waals surface area (Å²) in [6, 6.07) is 11.3. The maximum Gasteiger partial charge on any atom is 0.269 e. The van der Waals surface area contributed by atoms with E-state index in [1.165, 1.54) is 45.3 Å². The molecule has 1 aromatic heterocycles. The first kappa shape index (κ1) is 22.4. The van der Waals surface area contributed by atoms with E-state index < -0.39 is 14.9 Å². The highest BCUT2D eigenvalue weighted by molar-refractivity contribution is 7.89. The Morgan fingerprint density at radius 1 is 1.03 bits per heavy atom. The van der Waals surface area contributed by atoms with Crippen LogP contribution < -0.4 is 4.90 Å². The van der Waals surface area contributed by atoms with Crippen molar-refractivity contribution in [2.45, 2.75) is 25.2 Å². The van der Waals surface area contributed by atoms with Crippen molar-refractivity contribution in [3.05, 3.63) is 80.3 Å². The fourth-order valence-electron chi connectivity index (χ4n) is 3.84. The third kappa shape index (κ3) is 4.52.